The molecule has 1 atom stereocenters. The van der Waals surface area contributed by atoms with Crippen LogP contribution in [0.3, 0.4) is 0 Å². The number of carboxylic acid groups (broad SMARTS) is 1. The van der Waals surface area contributed by atoms with Gasteiger partial charge in [-0.1, -0.05) is 48.5 Å². The van der Waals surface area contributed by atoms with E-state index < -0.39 is 24.0 Å². The predicted molar refractivity (Wildman–Crippen MR) is 132 cm³/mol. The molecule has 0 saturated carbocycles. The monoisotopic (exact) mass is 491 g/mol. The van der Waals surface area contributed by atoms with Crippen LogP contribution >= 0.6 is 11.3 Å². The lowest BCUT2D eigenvalue weighted by Gasteiger charge is -2.19. The summed E-state index contributed by atoms with van der Waals surface area (Å²) < 4.78 is 5.54. The number of hydrogen-bond donors (Lipinski definition) is 3. The molecule has 5 rings (SSSR count). The van der Waals surface area contributed by atoms with Crippen LogP contribution in [-0.4, -0.2) is 40.7 Å². The van der Waals surface area contributed by atoms with Gasteiger partial charge in [0.05, 0.1) is 5.69 Å². The SMILES string of the molecule is O=C(O)CCC(NC(=O)OCC1c2ccccc2-c2ccccc21)C(=O)Nc1nc2c(s1)CCC2. The number of hydrogen-bond acceptors (Lipinski definition) is 6. The van der Waals surface area contributed by atoms with Gasteiger partial charge in [0.2, 0.25) is 5.91 Å². The molecule has 1 heterocycles. The molecule has 2 aliphatic carbocycles. The molecule has 0 aliphatic heterocycles. The van der Waals surface area contributed by atoms with Gasteiger partial charge in [0.15, 0.2) is 5.13 Å². The number of aromatic nitrogens is 1. The molecule has 0 saturated heterocycles. The van der Waals surface area contributed by atoms with Crippen LogP contribution in [0.1, 0.15) is 46.9 Å². The van der Waals surface area contributed by atoms with Gasteiger partial charge in [-0.3, -0.25) is 9.59 Å². The zero-order chi connectivity index (χ0) is 24.4. The Kier molecular flexibility index (Phi) is 6.50. The summed E-state index contributed by atoms with van der Waals surface area (Å²) in [5.74, 6) is -1.67. The summed E-state index contributed by atoms with van der Waals surface area (Å²) in [6.45, 7) is 0.104. The van der Waals surface area contributed by atoms with Crippen LogP contribution in [0.2, 0.25) is 0 Å². The van der Waals surface area contributed by atoms with Crippen LogP contribution in [0.4, 0.5) is 9.93 Å². The van der Waals surface area contributed by atoms with Gasteiger partial charge in [0.25, 0.3) is 0 Å². The Bertz CT molecular complexity index is 1220. The van der Waals surface area contributed by atoms with E-state index in [1.807, 2.05) is 36.4 Å². The molecule has 1 unspecified atom stereocenters. The summed E-state index contributed by atoms with van der Waals surface area (Å²) in [6, 6.07) is 15.0. The number of benzene rings is 2. The molecule has 8 nitrogen and oxygen atoms in total. The van der Waals surface area contributed by atoms with Gasteiger partial charge in [-0.15, -0.1) is 11.3 Å². The van der Waals surface area contributed by atoms with E-state index in [9.17, 15) is 14.4 Å². The molecule has 2 aliphatic rings. The van der Waals surface area contributed by atoms with Gasteiger partial charge < -0.3 is 20.5 Å². The Balaban J connectivity index is 1.24. The molecule has 1 aromatic heterocycles. The van der Waals surface area contributed by atoms with Crippen molar-refractivity contribution in [2.75, 3.05) is 11.9 Å². The van der Waals surface area contributed by atoms with Crippen molar-refractivity contribution in [3.8, 4) is 11.1 Å². The number of alkyl carbamates (subject to hydrolysis) is 1. The molecular weight excluding hydrogens is 466 g/mol. The number of anilines is 1. The summed E-state index contributed by atoms with van der Waals surface area (Å²) in [5, 5.41) is 14.8. The number of nitrogens with one attached hydrogen (secondary N) is 2. The number of nitrogens with zero attached hydrogens (tertiary/aromatic N) is 1. The van der Waals surface area contributed by atoms with Crippen molar-refractivity contribution < 1.29 is 24.2 Å². The number of carbonyl (C=O) groups is 3. The van der Waals surface area contributed by atoms with Gasteiger partial charge in [-0.25, -0.2) is 9.78 Å². The Morgan fingerprint density at radius 3 is 2.40 bits per heavy atom. The standard InChI is InChI=1S/C26H25N3O5S/c30-23(31)13-12-21(24(32)29-25-27-20-10-5-11-22(20)35-25)28-26(33)34-14-19-17-8-3-1-6-15(17)16-7-2-4-9-18(16)19/h1-4,6-9,19,21H,5,10-14H2,(H,28,33)(H,30,31)(H,27,29,32). The fraction of sp³-hybridized carbons (Fsp3) is 0.308. The van der Waals surface area contributed by atoms with Crippen molar-refractivity contribution in [3.05, 3.63) is 70.2 Å². The first kappa shape index (κ1) is 23.0. The number of aryl methyl sites for hydroxylation is 2. The van der Waals surface area contributed by atoms with Gasteiger partial charge in [-0.05, 0) is 47.9 Å². The maximum atomic E-state index is 12.9. The first-order valence-corrected chi connectivity index (χ1v) is 12.4. The van der Waals surface area contributed by atoms with Crippen LogP contribution in [0, 0.1) is 0 Å². The molecular formula is C26H25N3O5S. The summed E-state index contributed by atoms with van der Waals surface area (Å²) in [6.07, 6.45) is 1.81. The third-order valence-electron chi connectivity index (χ3n) is 6.42. The van der Waals surface area contributed by atoms with Crippen LogP contribution in [-0.2, 0) is 27.2 Å². The highest BCUT2D eigenvalue weighted by Crippen LogP contribution is 2.44. The van der Waals surface area contributed by atoms with Crippen molar-refractivity contribution >= 4 is 34.4 Å². The highest BCUT2D eigenvalue weighted by Gasteiger charge is 2.30. The van der Waals surface area contributed by atoms with Crippen molar-refractivity contribution in [3.63, 3.8) is 0 Å². The number of amides is 2. The Hall–Kier alpha value is -3.72. The lowest BCUT2D eigenvalue weighted by atomic mass is 9.98. The first-order valence-electron chi connectivity index (χ1n) is 11.6. The third kappa shape index (κ3) is 4.90. The molecule has 3 aromatic rings. The van der Waals surface area contributed by atoms with Crippen LogP contribution in [0.15, 0.2) is 48.5 Å². The molecule has 35 heavy (non-hydrogen) atoms. The second-order valence-corrected chi connectivity index (χ2v) is 9.77. The van der Waals surface area contributed by atoms with E-state index in [4.69, 9.17) is 9.84 Å². The van der Waals surface area contributed by atoms with Crippen molar-refractivity contribution in [2.24, 2.45) is 0 Å². The molecule has 0 fully saturated rings. The van der Waals surface area contributed by atoms with Gasteiger partial charge in [-0.2, -0.15) is 0 Å². The minimum Gasteiger partial charge on any atom is -0.481 e. The Labute approximate surface area is 206 Å². The van der Waals surface area contributed by atoms with E-state index in [0.29, 0.717) is 5.13 Å². The quantitative estimate of drug-likeness (QED) is 0.431. The molecule has 0 spiro atoms. The van der Waals surface area contributed by atoms with Crippen LogP contribution in [0.5, 0.6) is 0 Å². The maximum absolute atomic E-state index is 12.9. The van der Waals surface area contributed by atoms with Crippen LogP contribution < -0.4 is 10.6 Å². The Morgan fingerprint density at radius 2 is 1.74 bits per heavy atom. The van der Waals surface area contributed by atoms with E-state index in [-0.39, 0.29) is 25.4 Å². The summed E-state index contributed by atoms with van der Waals surface area (Å²) >= 11 is 1.42. The topological polar surface area (TPSA) is 118 Å². The number of ether oxygens (including phenoxy) is 1. The molecule has 9 heteroatoms. The second-order valence-electron chi connectivity index (χ2n) is 8.69. The Morgan fingerprint density at radius 1 is 1.06 bits per heavy atom. The van der Waals surface area contributed by atoms with Gasteiger partial charge in [0, 0.05) is 17.2 Å². The van der Waals surface area contributed by atoms with Crippen molar-refractivity contribution in [1.82, 2.24) is 10.3 Å². The zero-order valence-corrected chi connectivity index (χ0v) is 19.8. The molecule has 0 bridgehead atoms. The lowest BCUT2D eigenvalue weighted by Crippen LogP contribution is -2.44. The number of carbonyl (C=O) groups excluding carboxylic acids is 2. The average molecular weight is 492 g/mol. The molecule has 0 radical (unpaired) electrons. The number of rotatable bonds is 8. The first-order chi connectivity index (χ1) is 17.0. The minimum absolute atomic E-state index is 0.0591. The van der Waals surface area contributed by atoms with Crippen molar-refractivity contribution in [2.45, 2.75) is 44.1 Å². The second kappa shape index (κ2) is 9.87. The smallest absolute Gasteiger partial charge is 0.407 e. The summed E-state index contributed by atoms with van der Waals surface area (Å²) in [7, 11) is 0. The van der Waals surface area contributed by atoms with Crippen LogP contribution in [0.25, 0.3) is 11.1 Å². The number of fused-ring (bicyclic) bond motifs is 4. The molecule has 2 amide bonds. The van der Waals surface area contributed by atoms with E-state index >= 15 is 0 Å². The largest absolute Gasteiger partial charge is 0.481 e. The van der Waals surface area contributed by atoms with E-state index in [1.54, 1.807) is 0 Å². The summed E-state index contributed by atoms with van der Waals surface area (Å²) in [5.41, 5.74) is 5.39. The van der Waals surface area contributed by atoms with Gasteiger partial charge >= 0.3 is 12.1 Å². The predicted octanol–water partition coefficient (Wildman–Crippen LogP) is 4.34. The highest BCUT2D eigenvalue weighted by atomic mass is 32.1. The fourth-order valence-corrected chi connectivity index (χ4v) is 5.81. The molecule has 3 N–H and O–H groups in total. The van der Waals surface area contributed by atoms with E-state index in [1.165, 1.54) is 11.3 Å². The number of carboxylic acids is 1. The average Bonchev–Trinajstić information content (AvgIpc) is 3.52. The zero-order valence-electron chi connectivity index (χ0n) is 19.0. The number of thiazole rings is 1. The minimum atomic E-state index is -1.06. The lowest BCUT2D eigenvalue weighted by molar-refractivity contribution is -0.137. The third-order valence-corrected chi connectivity index (χ3v) is 7.50. The number of aliphatic carboxylic acids is 1. The summed E-state index contributed by atoms with van der Waals surface area (Å²) in [4.78, 5) is 42.3. The molecule has 180 valence electrons. The highest BCUT2D eigenvalue weighted by molar-refractivity contribution is 7.15. The fourth-order valence-electron chi connectivity index (χ4n) is 4.76. The van der Waals surface area contributed by atoms with E-state index in [2.05, 4.69) is 27.8 Å². The normalized spacial score (nSPS) is 14.5. The molecule has 2 aromatic carbocycles. The van der Waals surface area contributed by atoms with Gasteiger partial charge in [0.1, 0.15) is 12.6 Å². The van der Waals surface area contributed by atoms with Crippen molar-refractivity contribution in [1.29, 1.82) is 0 Å². The maximum Gasteiger partial charge on any atom is 0.407 e. The van der Waals surface area contributed by atoms with E-state index in [0.717, 1.165) is 52.1 Å².